The Bertz CT molecular complexity index is 262. The van der Waals surface area contributed by atoms with E-state index in [9.17, 15) is 5.11 Å². The van der Waals surface area contributed by atoms with E-state index < -0.39 is 6.10 Å². The Balaban J connectivity index is 2.05. The molecule has 72 valence electrons. The highest BCUT2D eigenvalue weighted by Gasteiger charge is 2.31. The van der Waals surface area contributed by atoms with Gasteiger partial charge in [-0.1, -0.05) is 0 Å². The van der Waals surface area contributed by atoms with Gasteiger partial charge >= 0.3 is 0 Å². The maximum atomic E-state index is 9.56. The van der Waals surface area contributed by atoms with Crippen molar-refractivity contribution < 1.29 is 9.84 Å². The Morgan fingerprint density at radius 1 is 1.69 bits per heavy atom. The van der Waals surface area contributed by atoms with Crippen molar-refractivity contribution in [2.45, 2.75) is 12.2 Å². The monoisotopic (exact) mass is 183 g/mol. The third kappa shape index (κ3) is 1.52. The van der Waals surface area contributed by atoms with Gasteiger partial charge in [-0.25, -0.2) is 0 Å². The van der Waals surface area contributed by atoms with E-state index in [1.807, 2.05) is 11.0 Å². The Hall–Kier alpha value is -1.07. The second-order valence-corrected chi connectivity index (χ2v) is 3.19. The van der Waals surface area contributed by atoms with Crippen molar-refractivity contribution in [3.05, 3.63) is 12.3 Å². The minimum Gasteiger partial charge on any atom is -0.388 e. The Labute approximate surface area is 76.3 Å². The summed E-state index contributed by atoms with van der Waals surface area (Å²) in [5, 5.41) is 16.3. The maximum Gasteiger partial charge on any atom is 0.124 e. The summed E-state index contributed by atoms with van der Waals surface area (Å²) in [5.74, 6) is 0.929. The Morgan fingerprint density at radius 3 is 3.08 bits per heavy atom. The number of β-amino-alcohol motifs (C(OH)–C–C–N with tert-alkyl or cyclic N) is 1. The molecule has 0 unspecified atom stereocenters. The van der Waals surface area contributed by atoms with Gasteiger partial charge in [0.25, 0.3) is 0 Å². The molecule has 0 aliphatic carbocycles. The average molecular weight is 183 g/mol. The number of aliphatic hydroxyl groups excluding tert-OH is 1. The molecule has 1 fully saturated rings. The summed E-state index contributed by atoms with van der Waals surface area (Å²) in [5.41, 5.74) is 0. The van der Waals surface area contributed by atoms with Crippen LogP contribution in [0.25, 0.3) is 0 Å². The third-order valence-corrected chi connectivity index (χ3v) is 2.37. The van der Waals surface area contributed by atoms with E-state index in [4.69, 9.17) is 4.74 Å². The second kappa shape index (κ2) is 3.35. The van der Waals surface area contributed by atoms with Gasteiger partial charge in [0.05, 0.1) is 12.3 Å². The third-order valence-electron chi connectivity index (χ3n) is 2.37. The van der Waals surface area contributed by atoms with Crippen LogP contribution in [0.15, 0.2) is 12.3 Å². The fourth-order valence-electron chi connectivity index (χ4n) is 1.61. The molecule has 1 saturated heterocycles. The number of methoxy groups -OCH3 is 1. The molecule has 2 rings (SSSR count). The standard InChI is InChI=1S/C8H13N3O2/c1-13-7-5-11(4-6(7)12)8-2-3-9-10-8/h2-3,6-7,12H,4-5H2,1H3,(H,9,10)/t6-,7+/m1/s1. The van der Waals surface area contributed by atoms with Crippen molar-refractivity contribution >= 4 is 5.82 Å². The van der Waals surface area contributed by atoms with E-state index in [0.717, 1.165) is 5.82 Å². The lowest BCUT2D eigenvalue weighted by atomic mass is 10.3. The van der Waals surface area contributed by atoms with Crippen molar-refractivity contribution in [3.63, 3.8) is 0 Å². The smallest absolute Gasteiger partial charge is 0.124 e. The molecule has 0 spiro atoms. The number of anilines is 1. The second-order valence-electron chi connectivity index (χ2n) is 3.19. The molecule has 1 aromatic rings. The van der Waals surface area contributed by atoms with E-state index in [2.05, 4.69) is 10.2 Å². The molecule has 5 heteroatoms. The summed E-state index contributed by atoms with van der Waals surface area (Å²) in [6.45, 7) is 1.31. The fraction of sp³-hybridized carbons (Fsp3) is 0.625. The van der Waals surface area contributed by atoms with Crippen molar-refractivity contribution in [3.8, 4) is 0 Å². The van der Waals surface area contributed by atoms with Crippen molar-refractivity contribution in [1.82, 2.24) is 10.2 Å². The van der Waals surface area contributed by atoms with Gasteiger partial charge in [-0.2, -0.15) is 5.10 Å². The fourth-order valence-corrected chi connectivity index (χ4v) is 1.61. The molecule has 0 aromatic carbocycles. The van der Waals surface area contributed by atoms with Crippen LogP contribution in [0.4, 0.5) is 5.82 Å². The molecule has 13 heavy (non-hydrogen) atoms. The van der Waals surface area contributed by atoms with Gasteiger partial charge in [0, 0.05) is 26.3 Å². The van der Waals surface area contributed by atoms with Crippen LogP contribution in [0, 0.1) is 0 Å². The van der Waals surface area contributed by atoms with Crippen LogP contribution >= 0.6 is 0 Å². The van der Waals surface area contributed by atoms with Crippen LogP contribution in [0.5, 0.6) is 0 Å². The Morgan fingerprint density at radius 2 is 2.54 bits per heavy atom. The Kier molecular flexibility index (Phi) is 2.20. The molecule has 0 saturated carbocycles. The highest BCUT2D eigenvalue weighted by Crippen LogP contribution is 2.18. The predicted octanol–water partition coefficient (Wildman–Crippen LogP) is -0.394. The van der Waals surface area contributed by atoms with Gasteiger partial charge in [0.1, 0.15) is 11.9 Å². The summed E-state index contributed by atoms with van der Waals surface area (Å²) in [4.78, 5) is 2.02. The molecule has 0 bridgehead atoms. The number of aromatic amines is 1. The zero-order valence-electron chi connectivity index (χ0n) is 7.47. The quantitative estimate of drug-likeness (QED) is 0.655. The topological polar surface area (TPSA) is 61.4 Å². The van der Waals surface area contributed by atoms with E-state index in [0.29, 0.717) is 13.1 Å². The van der Waals surface area contributed by atoms with Gasteiger partial charge in [-0.3, -0.25) is 5.10 Å². The number of H-pyrrole nitrogens is 1. The van der Waals surface area contributed by atoms with Crippen LogP contribution in [0.2, 0.25) is 0 Å². The molecular weight excluding hydrogens is 170 g/mol. The minimum absolute atomic E-state index is 0.0942. The van der Waals surface area contributed by atoms with Crippen LogP contribution in [0.1, 0.15) is 0 Å². The van der Waals surface area contributed by atoms with Gasteiger partial charge < -0.3 is 14.7 Å². The summed E-state index contributed by atoms with van der Waals surface area (Å²) in [6, 6.07) is 1.88. The van der Waals surface area contributed by atoms with Crippen molar-refractivity contribution in [2.75, 3.05) is 25.1 Å². The predicted molar refractivity (Wildman–Crippen MR) is 47.6 cm³/mol. The van der Waals surface area contributed by atoms with Gasteiger partial charge in [0.15, 0.2) is 0 Å². The summed E-state index contributed by atoms with van der Waals surface area (Å²) in [7, 11) is 1.62. The SMILES string of the molecule is CO[C@H]1CN(c2ccn[nH]2)C[C@H]1O. The molecule has 2 N–H and O–H groups in total. The number of aromatic nitrogens is 2. The molecule has 1 aliphatic heterocycles. The lowest BCUT2D eigenvalue weighted by Gasteiger charge is -2.14. The van der Waals surface area contributed by atoms with E-state index in [1.165, 1.54) is 0 Å². The first-order valence-electron chi connectivity index (χ1n) is 4.26. The first-order valence-corrected chi connectivity index (χ1v) is 4.26. The number of nitrogens with zero attached hydrogens (tertiary/aromatic N) is 2. The molecule has 5 nitrogen and oxygen atoms in total. The molecule has 1 aliphatic rings. The normalized spacial score (nSPS) is 28.3. The number of hydrogen-bond donors (Lipinski definition) is 2. The molecule has 2 heterocycles. The van der Waals surface area contributed by atoms with E-state index in [1.54, 1.807) is 13.3 Å². The summed E-state index contributed by atoms with van der Waals surface area (Å²) in [6.07, 6.45) is 1.19. The van der Waals surface area contributed by atoms with Crippen LogP contribution in [-0.4, -0.2) is 47.7 Å². The number of rotatable bonds is 2. The molecular formula is C8H13N3O2. The first kappa shape index (κ1) is 8.52. The highest BCUT2D eigenvalue weighted by molar-refractivity contribution is 5.38. The molecule has 0 radical (unpaired) electrons. The molecule has 0 amide bonds. The van der Waals surface area contributed by atoms with Crippen LogP contribution in [-0.2, 0) is 4.74 Å². The number of aliphatic hydroxyl groups is 1. The molecule has 2 atom stereocenters. The summed E-state index contributed by atoms with van der Waals surface area (Å²) >= 11 is 0. The largest absolute Gasteiger partial charge is 0.388 e. The van der Waals surface area contributed by atoms with Gasteiger partial charge in [-0.15, -0.1) is 0 Å². The van der Waals surface area contributed by atoms with Crippen molar-refractivity contribution in [1.29, 1.82) is 0 Å². The van der Waals surface area contributed by atoms with Crippen molar-refractivity contribution in [2.24, 2.45) is 0 Å². The summed E-state index contributed by atoms with van der Waals surface area (Å²) < 4.78 is 5.13. The molecule has 1 aromatic heterocycles. The average Bonchev–Trinajstić information content (AvgIpc) is 2.71. The lowest BCUT2D eigenvalue weighted by molar-refractivity contribution is 0.0217. The zero-order valence-corrected chi connectivity index (χ0v) is 7.47. The van der Waals surface area contributed by atoms with Gasteiger partial charge in [0.2, 0.25) is 0 Å². The lowest BCUT2D eigenvalue weighted by Crippen LogP contribution is -2.25. The zero-order chi connectivity index (χ0) is 9.26. The van der Waals surface area contributed by atoms with E-state index in [-0.39, 0.29) is 6.10 Å². The first-order chi connectivity index (χ1) is 6.31. The van der Waals surface area contributed by atoms with Crippen LogP contribution < -0.4 is 4.90 Å². The number of nitrogens with one attached hydrogen (secondary N) is 1. The highest BCUT2D eigenvalue weighted by atomic mass is 16.5. The van der Waals surface area contributed by atoms with Crippen LogP contribution in [0.3, 0.4) is 0 Å². The van der Waals surface area contributed by atoms with E-state index >= 15 is 0 Å². The number of ether oxygens (including phenoxy) is 1. The maximum absolute atomic E-state index is 9.56. The number of hydrogen-bond acceptors (Lipinski definition) is 4. The van der Waals surface area contributed by atoms with Gasteiger partial charge in [-0.05, 0) is 0 Å². The minimum atomic E-state index is -0.409.